The van der Waals surface area contributed by atoms with E-state index in [1.54, 1.807) is 6.33 Å². The van der Waals surface area contributed by atoms with Crippen LogP contribution in [0.3, 0.4) is 0 Å². The predicted octanol–water partition coefficient (Wildman–Crippen LogP) is 36.2. The molecule has 19 aromatic rings. The van der Waals surface area contributed by atoms with Gasteiger partial charge in [-0.15, -0.1) is 179 Å². The zero-order chi connectivity index (χ0) is 100. The van der Waals surface area contributed by atoms with Gasteiger partial charge in [0.05, 0.1) is 6.33 Å². The molecule has 0 saturated heterocycles. The molecular formula is C139H128Ir2N6. The summed E-state index contributed by atoms with van der Waals surface area (Å²) in [6, 6.07) is 140. The molecule has 0 fully saturated rings. The third-order valence-corrected chi connectivity index (χ3v) is 27.6. The smallest absolute Gasteiger partial charge is 0.304 e. The van der Waals surface area contributed by atoms with Gasteiger partial charge in [0.15, 0.2) is 0 Å². The van der Waals surface area contributed by atoms with Crippen molar-refractivity contribution in [3.63, 3.8) is 0 Å². The molecule has 0 bridgehead atoms. The van der Waals surface area contributed by atoms with Crippen LogP contribution in [-0.4, -0.2) is 29.9 Å². The first-order valence-electron chi connectivity index (χ1n) is 52.3. The molecule has 14 aromatic carbocycles. The standard InChI is InChI=1S/C139H128N6.2Ir/c1-16-31-107-79-136(143-84-117(107)69-92(8)9)108-34-30-35-109(73-108)139-131(96-32-18-17-19-33-96)77-116(78-132(139)130-45-29-28-40-125(130)101-54-60-104(61-55-101)135-82-112(68-91(6)7)120(87-142-135)72-95(14)15)129-44-27-23-39-124(129)100-52-64-106(65-53-100)138-83-137(144-88-145-138)105-62-50-99(51-63-105)123-38-22-26-43-128(123)115-75-113(126-41-24-20-36-121(126)97-46-56-102(57-47-97)133-80-110(66-89(2)3)118(85-140-133)70-93(10)11)74-114(76-115)127-42-25-21-37-122(127)98-48-58-103(59-49-98)134-81-111(67-90(4)5)119(86-141-134)71-94(12)13;;/h17-30,32-56,58,60,62,64,74-95H,16,31,66-72H2,1-15H3;;/q-6;2*+3. The largest absolute Gasteiger partial charge is 3.00 e. The number of hydrogen-bond acceptors (Lipinski definition) is 6. The first kappa shape index (κ1) is 104. The van der Waals surface area contributed by atoms with E-state index in [2.05, 4.69) is 487 Å². The maximum atomic E-state index is 5.21. The SMILES string of the molecule is CCCc1cc(-c2[c-]c(-c3c(-c4ccccc4)cc(-c4ccccc4-c4c[c-]c(-c5cc(-c6[c-]cc(-c7ccccc7-c7cc(-c8ccccc8-c8c[c-]c(-c9cc(CC(C)C)c(CC(C)C)cn9)cc8)cc(-c8ccccc8-c8c[c-]c(-c9cc(CC(C)C)c(CC(C)C)cn9)cc8)c7)cc6)ncn5)cc4)cc3-c3ccccc3-c3c[c-]c(-c4cc(CC(C)C)c(CC(C)C)cn4)cc3)ccc2)ncc1CC(C)C.[Ir+3].[Ir+3]. The Morgan fingerprint density at radius 1 is 0.197 bits per heavy atom. The molecule has 0 unspecified atom stereocenters. The summed E-state index contributed by atoms with van der Waals surface area (Å²) in [7, 11) is 0. The van der Waals surface area contributed by atoms with Gasteiger partial charge in [0.2, 0.25) is 0 Å². The molecule has 732 valence electrons. The van der Waals surface area contributed by atoms with Gasteiger partial charge < -0.3 is 15.0 Å². The third-order valence-electron chi connectivity index (χ3n) is 27.6. The molecule has 19 rings (SSSR count). The van der Waals surface area contributed by atoms with Crippen molar-refractivity contribution >= 4 is 0 Å². The molecule has 5 heterocycles. The van der Waals surface area contributed by atoms with Crippen LogP contribution in [-0.2, 0) is 91.6 Å². The van der Waals surface area contributed by atoms with Crippen molar-refractivity contribution in [3.05, 3.63) is 434 Å². The average molecular weight is 2270 g/mol. The minimum atomic E-state index is 0. The van der Waals surface area contributed by atoms with E-state index in [9.17, 15) is 0 Å². The Bertz CT molecular complexity index is 7610. The number of pyridine rings is 4. The third kappa shape index (κ3) is 24.5. The van der Waals surface area contributed by atoms with E-state index in [-0.39, 0.29) is 40.2 Å². The van der Waals surface area contributed by atoms with Crippen molar-refractivity contribution in [2.75, 3.05) is 0 Å². The molecule has 0 radical (unpaired) electrons. The summed E-state index contributed by atoms with van der Waals surface area (Å²) < 4.78 is 0. The van der Waals surface area contributed by atoms with Crippen molar-refractivity contribution < 1.29 is 40.2 Å². The maximum absolute atomic E-state index is 5.21. The van der Waals surface area contributed by atoms with Crippen molar-refractivity contribution in [1.82, 2.24) is 29.9 Å². The Morgan fingerprint density at radius 2 is 0.456 bits per heavy atom. The van der Waals surface area contributed by atoms with E-state index in [0.29, 0.717) is 41.4 Å². The molecule has 0 atom stereocenters. The average Bonchev–Trinajstić information content (AvgIpc) is 0.742. The fourth-order valence-corrected chi connectivity index (χ4v) is 20.9. The van der Waals surface area contributed by atoms with Crippen LogP contribution in [0.5, 0.6) is 0 Å². The molecule has 0 saturated carbocycles. The second-order valence-corrected chi connectivity index (χ2v) is 42.3. The normalized spacial score (nSPS) is 11.5. The second-order valence-electron chi connectivity index (χ2n) is 42.3. The van der Waals surface area contributed by atoms with Crippen molar-refractivity contribution in [3.8, 4) is 201 Å². The van der Waals surface area contributed by atoms with Gasteiger partial charge in [-0.2, -0.15) is 0 Å². The number of aryl methyl sites for hydroxylation is 1. The summed E-state index contributed by atoms with van der Waals surface area (Å²) in [5, 5.41) is 0. The fraction of sp³-hybridized carbons (Fsp3) is 0.223. The van der Waals surface area contributed by atoms with Crippen LogP contribution in [0.2, 0.25) is 0 Å². The maximum Gasteiger partial charge on any atom is 3.00 e. The van der Waals surface area contributed by atoms with Gasteiger partial charge in [0.1, 0.15) is 0 Å². The zero-order valence-electron chi connectivity index (χ0n) is 87.2. The fourth-order valence-electron chi connectivity index (χ4n) is 20.9. The van der Waals surface area contributed by atoms with Gasteiger partial charge in [-0.1, -0.05) is 388 Å². The molecule has 5 aromatic heterocycles. The van der Waals surface area contributed by atoms with E-state index in [1.165, 1.54) is 44.5 Å². The molecule has 147 heavy (non-hydrogen) atoms. The summed E-state index contributed by atoms with van der Waals surface area (Å²) in [6.07, 6.45) is 19.2. The number of aromatic nitrogens is 6. The zero-order valence-corrected chi connectivity index (χ0v) is 92.0. The first-order chi connectivity index (χ1) is 70.5. The minimum absolute atomic E-state index is 0. The molecule has 6 nitrogen and oxygen atoms in total. The Balaban J connectivity index is 0.00000738. The molecule has 0 spiro atoms. The van der Waals surface area contributed by atoms with Gasteiger partial charge in [0.25, 0.3) is 0 Å². The Labute approximate surface area is 900 Å². The second kappa shape index (κ2) is 47.7. The number of rotatable bonds is 34. The molecular weight excluding hydrogens is 2140 g/mol. The van der Waals surface area contributed by atoms with E-state index in [1.807, 2.05) is 0 Å². The predicted molar refractivity (Wildman–Crippen MR) is 608 cm³/mol. The van der Waals surface area contributed by atoms with Crippen molar-refractivity contribution in [1.29, 1.82) is 0 Å². The molecule has 0 amide bonds. The van der Waals surface area contributed by atoms with Crippen LogP contribution in [0, 0.1) is 77.8 Å². The number of benzene rings is 14. The Kier molecular flexibility index (Phi) is 33.9. The van der Waals surface area contributed by atoms with Gasteiger partial charge in [-0.3, -0.25) is 15.0 Å². The van der Waals surface area contributed by atoms with E-state index in [4.69, 9.17) is 29.9 Å². The monoisotopic (exact) mass is 2270 g/mol. The van der Waals surface area contributed by atoms with Crippen LogP contribution < -0.4 is 0 Å². The van der Waals surface area contributed by atoms with Crippen LogP contribution in [0.4, 0.5) is 0 Å². The molecule has 8 heteroatoms. The summed E-state index contributed by atoms with van der Waals surface area (Å²) in [5.41, 5.74) is 47.5. The number of hydrogen-bond donors (Lipinski definition) is 0. The van der Waals surface area contributed by atoms with Gasteiger partial charge in [-0.25, -0.2) is 0 Å². The minimum Gasteiger partial charge on any atom is -0.304 e. The Morgan fingerprint density at radius 3 is 0.769 bits per heavy atom. The van der Waals surface area contributed by atoms with Gasteiger partial charge in [-0.05, 0) is 234 Å². The molecule has 0 aliphatic rings. The van der Waals surface area contributed by atoms with Crippen LogP contribution in [0.1, 0.15) is 155 Å². The van der Waals surface area contributed by atoms with Crippen molar-refractivity contribution in [2.24, 2.45) is 41.4 Å². The summed E-state index contributed by atoms with van der Waals surface area (Å²) in [6.45, 7) is 34.3. The first-order valence-corrected chi connectivity index (χ1v) is 52.3. The summed E-state index contributed by atoms with van der Waals surface area (Å²) in [4.78, 5) is 30.3. The van der Waals surface area contributed by atoms with E-state index in [0.717, 1.165) is 259 Å². The summed E-state index contributed by atoms with van der Waals surface area (Å²) >= 11 is 0. The molecule has 0 aliphatic heterocycles. The summed E-state index contributed by atoms with van der Waals surface area (Å²) in [5.74, 6) is 3.69. The van der Waals surface area contributed by atoms with E-state index < -0.39 is 0 Å². The van der Waals surface area contributed by atoms with Gasteiger partial charge in [0, 0.05) is 30.5 Å². The topological polar surface area (TPSA) is 77.3 Å². The number of nitrogens with zero attached hydrogens (tertiary/aromatic N) is 6. The quantitative estimate of drug-likeness (QED) is 0.0374. The van der Waals surface area contributed by atoms with Crippen LogP contribution in [0.15, 0.2) is 353 Å². The van der Waals surface area contributed by atoms with Crippen molar-refractivity contribution in [2.45, 2.75) is 162 Å². The van der Waals surface area contributed by atoms with Gasteiger partial charge >= 0.3 is 40.2 Å². The Hall–Kier alpha value is -13.9. The van der Waals surface area contributed by atoms with Crippen LogP contribution >= 0.6 is 0 Å². The van der Waals surface area contributed by atoms with Crippen LogP contribution in [0.25, 0.3) is 201 Å². The molecule has 0 aliphatic carbocycles. The molecule has 0 N–H and O–H groups in total. The van der Waals surface area contributed by atoms with E-state index >= 15 is 0 Å².